The second-order valence-electron chi connectivity index (χ2n) is 10.1. The standard InChI is InChI=1S/C28H31N3O8S/c1-17(2)13-22(30-27(34)25-15-18-7-3-4-11-24(18)39-25)26(33)29-21-10-6-12-31(16-23(21)32)40(37,38)20-9-5-8-19(14-20)28(35)36/h3-5,7-9,11,14-15,17,21-22H,6,10,12-13,16H2,1-2H3,(H,29,33)(H,30,34)(H,35,36). The van der Waals surface area contributed by atoms with E-state index in [-0.39, 0.29) is 41.5 Å². The van der Waals surface area contributed by atoms with E-state index in [1.54, 1.807) is 24.3 Å². The molecule has 11 nitrogen and oxygen atoms in total. The number of rotatable bonds is 9. The van der Waals surface area contributed by atoms with Crippen molar-refractivity contribution in [3.05, 3.63) is 65.9 Å². The van der Waals surface area contributed by atoms with Gasteiger partial charge >= 0.3 is 5.97 Å². The van der Waals surface area contributed by atoms with Crippen LogP contribution in [0.15, 0.2) is 63.9 Å². The smallest absolute Gasteiger partial charge is 0.335 e. The molecule has 212 valence electrons. The van der Waals surface area contributed by atoms with Crippen LogP contribution in [-0.4, -0.2) is 66.6 Å². The number of furan rings is 1. The summed E-state index contributed by atoms with van der Waals surface area (Å²) in [6, 6.07) is 11.8. The number of carboxylic acid groups (broad SMARTS) is 1. The highest BCUT2D eigenvalue weighted by molar-refractivity contribution is 7.89. The van der Waals surface area contributed by atoms with Crippen molar-refractivity contribution >= 4 is 44.6 Å². The molecule has 1 aromatic heterocycles. The number of amides is 2. The van der Waals surface area contributed by atoms with Crippen molar-refractivity contribution in [2.75, 3.05) is 13.1 Å². The second-order valence-corrected chi connectivity index (χ2v) is 12.1. The van der Waals surface area contributed by atoms with Gasteiger partial charge in [0.2, 0.25) is 15.9 Å². The van der Waals surface area contributed by atoms with Gasteiger partial charge in [0.25, 0.3) is 5.91 Å². The van der Waals surface area contributed by atoms with E-state index in [1.807, 2.05) is 19.9 Å². The molecule has 2 heterocycles. The normalized spacial score (nSPS) is 17.4. The molecule has 0 saturated carbocycles. The quantitative estimate of drug-likeness (QED) is 0.354. The number of hydrogen-bond acceptors (Lipinski definition) is 7. The van der Waals surface area contributed by atoms with Gasteiger partial charge in [0.15, 0.2) is 11.5 Å². The first kappa shape index (κ1) is 29.0. The van der Waals surface area contributed by atoms with Crippen molar-refractivity contribution in [3.63, 3.8) is 0 Å². The number of nitrogens with zero attached hydrogens (tertiary/aromatic N) is 1. The monoisotopic (exact) mass is 569 g/mol. The largest absolute Gasteiger partial charge is 0.478 e. The molecular weight excluding hydrogens is 538 g/mol. The number of para-hydroxylation sites is 1. The van der Waals surface area contributed by atoms with Gasteiger partial charge in [-0.05, 0) is 55.5 Å². The average Bonchev–Trinajstić information content (AvgIpc) is 3.27. The maximum absolute atomic E-state index is 13.2. The number of carbonyl (C=O) groups is 4. The number of sulfonamides is 1. The van der Waals surface area contributed by atoms with Gasteiger partial charge < -0.3 is 20.2 Å². The molecule has 2 amide bonds. The van der Waals surface area contributed by atoms with Gasteiger partial charge in [-0.1, -0.05) is 38.1 Å². The lowest BCUT2D eigenvalue weighted by Crippen LogP contribution is -2.52. The molecular formula is C28H31N3O8S. The molecule has 0 aliphatic carbocycles. The Morgan fingerprint density at radius 2 is 1.85 bits per heavy atom. The van der Waals surface area contributed by atoms with Crippen molar-refractivity contribution in [2.24, 2.45) is 5.92 Å². The fourth-order valence-corrected chi connectivity index (χ4v) is 6.08. The predicted octanol–water partition coefficient (Wildman–Crippen LogP) is 2.81. The zero-order valence-electron chi connectivity index (χ0n) is 22.1. The molecule has 0 spiro atoms. The third kappa shape index (κ3) is 6.57. The Bertz CT molecular complexity index is 1510. The minimum absolute atomic E-state index is 0.0238. The summed E-state index contributed by atoms with van der Waals surface area (Å²) < 4.78 is 33.0. The molecule has 2 atom stereocenters. The number of hydrogen-bond donors (Lipinski definition) is 3. The van der Waals surface area contributed by atoms with E-state index in [4.69, 9.17) is 4.42 Å². The number of Topliss-reactive ketones (excluding diaryl/α,β-unsaturated/α-hetero) is 1. The number of carbonyl (C=O) groups excluding carboxylic acids is 3. The molecule has 1 aliphatic heterocycles. The van der Waals surface area contributed by atoms with Gasteiger partial charge in [-0.3, -0.25) is 14.4 Å². The number of ketones is 1. The van der Waals surface area contributed by atoms with Crippen molar-refractivity contribution in [1.82, 2.24) is 14.9 Å². The number of nitrogens with one attached hydrogen (secondary N) is 2. The summed E-state index contributed by atoms with van der Waals surface area (Å²) in [4.78, 5) is 50.3. The van der Waals surface area contributed by atoms with Crippen LogP contribution in [0.5, 0.6) is 0 Å². The topological polar surface area (TPSA) is 163 Å². The first-order chi connectivity index (χ1) is 19.0. The van der Waals surface area contributed by atoms with Gasteiger partial charge in [0, 0.05) is 11.9 Å². The molecule has 12 heteroatoms. The van der Waals surface area contributed by atoms with Gasteiger partial charge in [0.1, 0.15) is 11.6 Å². The van der Waals surface area contributed by atoms with Gasteiger partial charge in [-0.2, -0.15) is 4.31 Å². The van der Waals surface area contributed by atoms with E-state index >= 15 is 0 Å². The highest BCUT2D eigenvalue weighted by atomic mass is 32.2. The zero-order valence-corrected chi connectivity index (χ0v) is 22.9. The van der Waals surface area contributed by atoms with Crippen LogP contribution in [0.4, 0.5) is 0 Å². The molecule has 2 aromatic carbocycles. The number of carboxylic acids is 1. The van der Waals surface area contributed by atoms with Crippen molar-refractivity contribution in [2.45, 2.75) is 50.1 Å². The molecule has 4 rings (SSSR count). The average molecular weight is 570 g/mol. The van der Waals surface area contributed by atoms with Crippen LogP contribution < -0.4 is 10.6 Å². The maximum Gasteiger partial charge on any atom is 0.335 e. The summed E-state index contributed by atoms with van der Waals surface area (Å²) in [7, 11) is -4.15. The summed E-state index contributed by atoms with van der Waals surface area (Å²) in [5.41, 5.74) is 0.351. The molecule has 1 fully saturated rings. The molecule has 0 bridgehead atoms. The van der Waals surface area contributed by atoms with E-state index in [2.05, 4.69) is 10.6 Å². The van der Waals surface area contributed by atoms with E-state index < -0.39 is 52.2 Å². The van der Waals surface area contributed by atoms with E-state index in [0.717, 1.165) is 15.8 Å². The Hall–Kier alpha value is -4.03. The summed E-state index contributed by atoms with van der Waals surface area (Å²) in [6.45, 7) is 3.33. The number of benzene rings is 2. The Morgan fingerprint density at radius 1 is 1.10 bits per heavy atom. The Labute approximate surface area is 231 Å². The minimum Gasteiger partial charge on any atom is -0.478 e. The second kappa shape index (κ2) is 12.0. The molecule has 3 N–H and O–H groups in total. The first-order valence-electron chi connectivity index (χ1n) is 12.9. The van der Waals surface area contributed by atoms with E-state index in [0.29, 0.717) is 12.0 Å². The molecule has 40 heavy (non-hydrogen) atoms. The third-order valence-electron chi connectivity index (χ3n) is 6.63. The predicted molar refractivity (Wildman–Crippen MR) is 145 cm³/mol. The van der Waals surface area contributed by atoms with Crippen LogP contribution in [0, 0.1) is 5.92 Å². The zero-order chi connectivity index (χ0) is 29.0. The summed E-state index contributed by atoms with van der Waals surface area (Å²) in [5.74, 6) is -2.79. The Morgan fingerprint density at radius 3 is 2.55 bits per heavy atom. The van der Waals surface area contributed by atoms with Crippen molar-refractivity contribution in [1.29, 1.82) is 0 Å². The van der Waals surface area contributed by atoms with Crippen molar-refractivity contribution < 1.29 is 37.1 Å². The van der Waals surface area contributed by atoms with Gasteiger partial charge in [-0.15, -0.1) is 0 Å². The highest BCUT2D eigenvalue weighted by Crippen LogP contribution is 2.22. The van der Waals surface area contributed by atoms with Crippen LogP contribution in [0.3, 0.4) is 0 Å². The highest BCUT2D eigenvalue weighted by Gasteiger charge is 2.34. The van der Waals surface area contributed by atoms with Crippen LogP contribution >= 0.6 is 0 Å². The van der Waals surface area contributed by atoms with Crippen molar-refractivity contribution in [3.8, 4) is 0 Å². The van der Waals surface area contributed by atoms with Gasteiger partial charge in [0.05, 0.1) is 23.0 Å². The fraction of sp³-hybridized carbons (Fsp3) is 0.357. The SMILES string of the molecule is CC(C)CC(NC(=O)c1cc2ccccc2o1)C(=O)NC1CCCN(S(=O)(=O)c2cccc(C(=O)O)c2)CC1=O. The summed E-state index contributed by atoms with van der Waals surface area (Å²) in [6.07, 6.45) is 0.797. The Balaban J connectivity index is 1.45. The first-order valence-corrected chi connectivity index (χ1v) is 14.4. The van der Waals surface area contributed by atoms with E-state index in [9.17, 15) is 32.7 Å². The summed E-state index contributed by atoms with van der Waals surface area (Å²) >= 11 is 0. The van der Waals surface area contributed by atoms with Crippen LogP contribution in [0.25, 0.3) is 11.0 Å². The van der Waals surface area contributed by atoms with Crippen LogP contribution in [0.1, 0.15) is 54.0 Å². The third-order valence-corrected chi connectivity index (χ3v) is 8.48. The van der Waals surface area contributed by atoms with Gasteiger partial charge in [-0.25, -0.2) is 13.2 Å². The lowest BCUT2D eigenvalue weighted by molar-refractivity contribution is -0.129. The van der Waals surface area contributed by atoms with Crippen LogP contribution in [-0.2, 0) is 19.6 Å². The molecule has 1 saturated heterocycles. The molecule has 0 radical (unpaired) electrons. The molecule has 1 aliphatic rings. The number of aromatic carboxylic acids is 1. The lowest BCUT2D eigenvalue weighted by atomic mass is 10.0. The van der Waals surface area contributed by atoms with Crippen LogP contribution in [0.2, 0.25) is 0 Å². The summed E-state index contributed by atoms with van der Waals surface area (Å²) in [5, 5.41) is 15.4. The maximum atomic E-state index is 13.2. The van der Waals surface area contributed by atoms with E-state index in [1.165, 1.54) is 18.2 Å². The molecule has 2 unspecified atom stereocenters. The number of fused-ring (bicyclic) bond motifs is 1. The lowest BCUT2D eigenvalue weighted by Gasteiger charge is -2.23. The Kier molecular flexibility index (Phi) is 8.70. The fourth-order valence-electron chi connectivity index (χ4n) is 4.59. The molecule has 3 aromatic rings. The minimum atomic E-state index is -4.15.